The van der Waals surface area contributed by atoms with Crippen LogP contribution >= 0.6 is 12.2 Å². The highest BCUT2D eigenvalue weighted by atomic mass is 32.1. The van der Waals surface area contributed by atoms with Crippen molar-refractivity contribution in [3.63, 3.8) is 0 Å². The van der Waals surface area contributed by atoms with E-state index in [4.69, 9.17) is 27.9 Å². The highest BCUT2D eigenvalue weighted by Gasteiger charge is 2.32. The summed E-state index contributed by atoms with van der Waals surface area (Å²) in [4.78, 5) is 9.54. The minimum absolute atomic E-state index is 0.432. The van der Waals surface area contributed by atoms with E-state index in [2.05, 4.69) is 16.1 Å². The van der Waals surface area contributed by atoms with Gasteiger partial charge in [-0.05, 0) is 44.3 Å². The second-order valence-corrected chi connectivity index (χ2v) is 7.02. The van der Waals surface area contributed by atoms with Gasteiger partial charge in [-0.2, -0.15) is 0 Å². The Morgan fingerprint density at radius 3 is 2.55 bits per heavy atom. The highest BCUT2D eigenvalue weighted by molar-refractivity contribution is 7.71. The van der Waals surface area contributed by atoms with Gasteiger partial charge < -0.3 is 14.9 Å². The lowest BCUT2D eigenvalue weighted by atomic mass is 10.2. The van der Waals surface area contributed by atoms with Crippen LogP contribution in [0.4, 0.5) is 5.82 Å². The molecule has 0 saturated heterocycles. The molecule has 0 aromatic carbocycles. The molecule has 22 heavy (non-hydrogen) atoms. The zero-order chi connectivity index (χ0) is 15.3. The van der Waals surface area contributed by atoms with E-state index in [1.165, 1.54) is 38.5 Å². The third-order valence-electron chi connectivity index (χ3n) is 4.93. The maximum absolute atomic E-state index is 6.48. The van der Waals surface area contributed by atoms with Crippen LogP contribution in [0.25, 0.3) is 11.5 Å². The second kappa shape index (κ2) is 5.33. The van der Waals surface area contributed by atoms with Crippen molar-refractivity contribution in [1.82, 2.24) is 19.1 Å². The van der Waals surface area contributed by atoms with Crippen molar-refractivity contribution in [1.29, 1.82) is 0 Å². The summed E-state index contributed by atoms with van der Waals surface area (Å²) in [6.45, 7) is 3.05. The molecular weight excluding hydrogens is 294 g/mol. The molecule has 2 aliphatic heterocycles. The third-order valence-corrected chi connectivity index (χ3v) is 5.35. The number of nitrogens with two attached hydrogens (primary N) is 1. The molecule has 2 fully saturated rings. The van der Waals surface area contributed by atoms with E-state index in [9.17, 15) is 0 Å². The maximum atomic E-state index is 6.48. The largest absolute Gasteiger partial charge is 0.383 e. The first kappa shape index (κ1) is 14.2. The lowest BCUT2D eigenvalue weighted by Gasteiger charge is -2.23. The van der Waals surface area contributed by atoms with Gasteiger partial charge in [0.15, 0.2) is 10.6 Å². The number of fused-ring (bicyclic) bond motifs is 1. The van der Waals surface area contributed by atoms with Crippen LogP contribution in [0, 0.1) is 4.77 Å². The fourth-order valence-corrected chi connectivity index (χ4v) is 4.04. The van der Waals surface area contributed by atoms with Gasteiger partial charge in [0, 0.05) is 18.5 Å². The smallest absolute Gasteiger partial charge is 0.183 e. The molecule has 0 aromatic rings. The predicted molar refractivity (Wildman–Crippen MR) is 89.7 cm³/mol. The van der Waals surface area contributed by atoms with Crippen LogP contribution in [0.2, 0.25) is 0 Å². The number of imidazole rings is 1. The molecule has 0 radical (unpaired) electrons. The van der Waals surface area contributed by atoms with Crippen molar-refractivity contribution in [3.05, 3.63) is 10.6 Å². The van der Waals surface area contributed by atoms with Gasteiger partial charge in [-0.25, -0.2) is 9.97 Å². The monoisotopic (exact) mass is 317 g/mol. The Balaban J connectivity index is 1.94. The molecule has 0 spiro atoms. The van der Waals surface area contributed by atoms with Gasteiger partial charge in [0.2, 0.25) is 0 Å². The summed E-state index contributed by atoms with van der Waals surface area (Å²) >= 11 is 5.78. The summed E-state index contributed by atoms with van der Waals surface area (Å²) in [6.07, 6.45) is 8.29. The van der Waals surface area contributed by atoms with Crippen LogP contribution in [0.5, 0.6) is 0 Å². The zero-order valence-corrected chi connectivity index (χ0v) is 13.9. The molecule has 0 amide bonds. The van der Waals surface area contributed by atoms with Crippen LogP contribution in [0.3, 0.4) is 0 Å². The number of hydrogen-bond donors (Lipinski definition) is 1. The topological polar surface area (TPSA) is 61.7 Å². The van der Waals surface area contributed by atoms with Crippen LogP contribution in [-0.2, 0) is 6.54 Å². The first-order chi connectivity index (χ1) is 10.7. The van der Waals surface area contributed by atoms with Crippen LogP contribution in [0.1, 0.15) is 69.7 Å². The van der Waals surface area contributed by atoms with Crippen LogP contribution in [-0.4, -0.2) is 19.1 Å². The van der Waals surface area contributed by atoms with E-state index < -0.39 is 0 Å². The van der Waals surface area contributed by atoms with Crippen molar-refractivity contribution in [2.24, 2.45) is 0 Å². The van der Waals surface area contributed by atoms with Crippen LogP contribution in [0.15, 0.2) is 0 Å². The standard InChI is InChI=1S/C16H23N5S/c1-2-9-20-15-12(18-14(19-15)10-7-8-10)13(17)21(16(20)22)11-5-3-4-6-11/h10-11H,2-9,17H2,1H3. The molecule has 5 nitrogen and oxygen atoms in total. The number of rotatable bonds is 4. The van der Waals surface area contributed by atoms with Gasteiger partial charge in [-0.1, -0.05) is 19.8 Å². The molecular formula is C16H23N5S. The highest BCUT2D eigenvalue weighted by Crippen LogP contribution is 2.42. The van der Waals surface area contributed by atoms with Gasteiger partial charge in [0.05, 0.1) is 0 Å². The first-order valence-corrected chi connectivity index (χ1v) is 8.89. The number of anilines is 1. The Hall–Kier alpha value is -1.43. The Kier molecular flexibility index (Phi) is 3.44. The van der Waals surface area contributed by atoms with E-state index in [1.54, 1.807) is 0 Å². The van der Waals surface area contributed by atoms with Gasteiger partial charge in [0.1, 0.15) is 17.3 Å². The van der Waals surface area contributed by atoms with E-state index >= 15 is 0 Å². The third kappa shape index (κ3) is 2.16. The summed E-state index contributed by atoms with van der Waals surface area (Å²) in [5, 5.41) is 0. The molecule has 2 saturated carbocycles. The zero-order valence-electron chi connectivity index (χ0n) is 13.1. The average molecular weight is 317 g/mol. The van der Waals surface area contributed by atoms with Crippen molar-refractivity contribution in [3.8, 4) is 11.5 Å². The van der Waals surface area contributed by atoms with E-state index in [0.717, 1.165) is 40.9 Å². The fourth-order valence-electron chi connectivity index (χ4n) is 3.61. The molecule has 0 aromatic heterocycles. The van der Waals surface area contributed by atoms with Crippen molar-refractivity contribution < 1.29 is 0 Å². The van der Waals surface area contributed by atoms with Crippen molar-refractivity contribution in [2.75, 3.05) is 5.73 Å². The first-order valence-electron chi connectivity index (χ1n) is 8.48. The van der Waals surface area contributed by atoms with E-state index in [-0.39, 0.29) is 0 Å². The summed E-state index contributed by atoms with van der Waals surface area (Å²) in [5.41, 5.74) is 7.34. The minimum Gasteiger partial charge on any atom is -0.383 e. The van der Waals surface area contributed by atoms with E-state index in [1.807, 2.05) is 0 Å². The van der Waals surface area contributed by atoms with E-state index in [0.29, 0.717) is 12.0 Å². The normalized spacial score (nSPS) is 19.3. The van der Waals surface area contributed by atoms with Gasteiger partial charge >= 0.3 is 0 Å². The summed E-state index contributed by atoms with van der Waals surface area (Å²) in [6, 6.07) is 0.432. The average Bonchev–Trinajstić information content (AvgIpc) is 3.04. The predicted octanol–water partition coefficient (Wildman–Crippen LogP) is 3.90. The lowest BCUT2D eigenvalue weighted by molar-refractivity contribution is 0.483. The van der Waals surface area contributed by atoms with Crippen LogP contribution < -0.4 is 5.73 Å². The SMILES string of the molecule is CCCn1c2nc(C3CC3)nc-2c(N)n(C2CCCC2)c1=S. The fraction of sp³-hybridized carbons (Fsp3) is 0.688. The Labute approximate surface area is 135 Å². The molecule has 2 N–H and O–H groups in total. The molecule has 118 valence electrons. The second-order valence-electron chi connectivity index (χ2n) is 6.66. The van der Waals surface area contributed by atoms with Crippen molar-refractivity contribution >= 4 is 18.0 Å². The van der Waals surface area contributed by atoms with Crippen molar-refractivity contribution in [2.45, 2.75) is 70.4 Å². The molecule has 0 unspecified atom stereocenters. The molecule has 6 heteroatoms. The van der Waals surface area contributed by atoms with Gasteiger partial charge in [-0.3, -0.25) is 0 Å². The summed E-state index contributed by atoms with van der Waals surface area (Å²) in [5.74, 6) is 3.11. The Morgan fingerprint density at radius 1 is 1.18 bits per heavy atom. The van der Waals surface area contributed by atoms with Gasteiger partial charge in [-0.15, -0.1) is 0 Å². The maximum Gasteiger partial charge on any atom is 0.183 e. The molecule has 4 aliphatic rings. The summed E-state index contributed by atoms with van der Waals surface area (Å²) in [7, 11) is 0. The molecule has 0 atom stereocenters. The quantitative estimate of drug-likeness (QED) is 0.869. The number of hydrogen-bond acceptors (Lipinski definition) is 4. The Bertz CT molecular complexity index is 721. The molecule has 4 rings (SSSR count). The minimum atomic E-state index is 0.432. The number of nitrogen functional groups attached to an aromatic ring is 1. The molecule has 2 heterocycles. The Morgan fingerprint density at radius 2 is 1.91 bits per heavy atom. The number of nitrogens with zero attached hydrogens (tertiary/aromatic N) is 4. The lowest BCUT2D eigenvalue weighted by Crippen LogP contribution is -2.20. The molecule has 2 aliphatic carbocycles. The summed E-state index contributed by atoms with van der Waals surface area (Å²) < 4.78 is 5.13. The molecule has 0 bridgehead atoms. The number of aromatic nitrogens is 4. The van der Waals surface area contributed by atoms with Gasteiger partial charge in [0.25, 0.3) is 0 Å².